The molecule has 96 valence electrons. The fourth-order valence-electron chi connectivity index (χ4n) is 1.50. The summed E-state index contributed by atoms with van der Waals surface area (Å²) in [7, 11) is -3.40. The molecule has 0 amide bonds. The maximum Gasteiger partial charge on any atom is 0.185 e. The highest BCUT2D eigenvalue weighted by atomic mass is 79.9. The van der Waals surface area contributed by atoms with Crippen molar-refractivity contribution < 1.29 is 8.42 Å². The lowest BCUT2D eigenvalue weighted by Crippen LogP contribution is -2.07. The van der Waals surface area contributed by atoms with Gasteiger partial charge in [-0.1, -0.05) is 15.9 Å². The zero-order chi connectivity index (χ0) is 13.3. The van der Waals surface area contributed by atoms with Gasteiger partial charge >= 0.3 is 0 Å². The Bertz CT molecular complexity index is 680. The van der Waals surface area contributed by atoms with E-state index in [0.717, 1.165) is 13.1 Å². The summed E-state index contributed by atoms with van der Waals surface area (Å²) in [5, 5.41) is 0. The molecule has 0 aliphatic carbocycles. The molecule has 2 N–H and O–H groups in total. The van der Waals surface area contributed by atoms with Crippen molar-refractivity contribution in [1.82, 2.24) is 0 Å². The molecule has 0 bridgehead atoms. The molecule has 2 aromatic rings. The van der Waals surface area contributed by atoms with E-state index in [-0.39, 0.29) is 16.3 Å². The van der Waals surface area contributed by atoms with Crippen LogP contribution in [0.2, 0.25) is 0 Å². The van der Waals surface area contributed by atoms with Gasteiger partial charge in [0, 0.05) is 9.35 Å². The van der Waals surface area contributed by atoms with Gasteiger partial charge in [-0.15, -0.1) is 11.3 Å². The molecule has 0 unspecified atom stereocenters. The quantitative estimate of drug-likeness (QED) is 0.782. The van der Waals surface area contributed by atoms with Gasteiger partial charge in [-0.3, -0.25) is 0 Å². The number of thiophene rings is 1. The summed E-state index contributed by atoms with van der Waals surface area (Å²) >= 11 is 7.97. The second-order valence-corrected chi connectivity index (χ2v) is 9.07. The van der Waals surface area contributed by atoms with Gasteiger partial charge in [-0.2, -0.15) is 0 Å². The Kier molecular flexibility index (Phi) is 4.15. The predicted octanol–water partition coefficient (Wildman–Crippen LogP) is 3.83. The fourth-order valence-corrected chi connectivity index (χ4v) is 5.18. The van der Waals surface area contributed by atoms with Crippen LogP contribution in [0.25, 0.3) is 0 Å². The first-order chi connectivity index (χ1) is 8.38. The minimum atomic E-state index is -3.40. The largest absolute Gasteiger partial charge is 0.398 e. The van der Waals surface area contributed by atoms with Gasteiger partial charge in [0.05, 0.1) is 20.1 Å². The van der Waals surface area contributed by atoms with Crippen LogP contribution in [0.3, 0.4) is 0 Å². The van der Waals surface area contributed by atoms with Gasteiger partial charge in [-0.25, -0.2) is 8.42 Å². The number of anilines is 1. The van der Waals surface area contributed by atoms with E-state index in [2.05, 4.69) is 31.9 Å². The van der Waals surface area contributed by atoms with Crippen LogP contribution in [0.4, 0.5) is 5.69 Å². The Hall–Kier alpha value is -0.370. The van der Waals surface area contributed by atoms with Crippen LogP contribution in [0.15, 0.2) is 43.5 Å². The SMILES string of the molecule is Nc1cc(Br)ccc1S(=O)(=O)Cc1ccc(Br)s1. The molecule has 0 spiro atoms. The van der Waals surface area contributed by atoms with Crippen LogP contribution in [0.1, 0.15) is 4.88 Å². The molecule has 7 heteroatoms. The molecule has 0 saturated heterocycles. The Morgan fingerprint density at radius 1 is 1.17 bits per heavy atom. The number of nitrogens with two attached hydrogens (primary N) is 1. The Labute approximate surface area is 126 Å². The topological polar surface area (TPSA) is 60.2 Å². The number of halogens is 2. The summed E-state index contributed by atoms with van der Waals surface area (Å²) in [6.07, 6.45) is 0. The average molecular weight is 411 g/mol. The monoisotopic (exact) mass is 409 g/mol. The maximum atomic E-state index is 12.2. The van der Waals surface area contributed by atoms with E-state index >= 15 is 0 Å². The summed E-state index contributed by atoms with van der Waals surface area (Å²) in [5.41, 5.74) is 6.02. The molecule has 1 heterocycles. The standard InChI is InChI=1S/C11H9Br2NO2S2/c12-7-1-3-10(9(14)5-7)18(15,16)6-8-2-4-11(13)17-8/h1-5H,6,14H2. The van der Waals surface area contributed by atoms with Gasteiger partial charge in [0.2, 0.25) is 0 Å². The number of rotatable bonds is 3. The van der Waals surface area contributed by atoms with Gasteiger partial charge < -0.3 is 5.73 Å². The van der Waals surface area contributed by atoms with Crippen molar-refractivity contribution in [2.24, 2.45) is 0 Å². The summed E-state index contributed by atoms with van der Waals surface area (Å²) < 4.78 is 26.2. The number of sulfone groups is 1. The van der Waals surface area contributed by atoms with Crippen LogP contribution < -0.4 is 5.73 Å². The van der Waals surface area contributed by atoms with Crippen molar-refractivity contribution in [2.75, 3.05) is 5.73 Å². The lowest BCUT2D eigenvalue weighted by molar-refractivity contribution is 0.596. The summed E-state index contributed by atoms with van der Waals surface area (Å²) in [4.78, 5) is 0.958. The van der Waals surface area contributed by atoms with Gasteiger partial charge in [-0.05, 0) is 46.3 Å². The summed E-state index contributed by atoms with van der Waals surface area (Å²) in [5.74, 6) is -0.0326. The molecule has 0 aliphatic rings. The molecule has 0 aliphatic heterocycles. The summed E-state index contributed by atoms with van der Waals surface area (Å²) in [6, 6.07) is 8.42. The lowest BCUT2D eigenvalue weighted by atomic mass is 10.3. The Morgan fingerprint density at radius 3 is 2.44 bits per heavy atom. The Balaban J connectivity index is 2.36. The second-order valence-electron chi connectivity index (χ2n) is 3.65. The van der Waals surface area contributed by atoms with Crippen LogP contribution >= 0.6 is 43.2 Å². The first-order valence-electron chi connectivity index (χ1n) is 4.90. The summed E-state index contributed by atoms with van der Waals surface area (Å²) in [6.45, 7) is 0. The molecule has 0 radical (unpaired) electrons. The normalized spacial score (nSPS) is 11.7. The third-order valence-corrected chi connectivity index (χ3v) is 6.30. The van der Waals surface area contributed by atoms with Crippen LogP contribution in [-0.2, 0) is 15.6 Å². The van der Waals surface area contributed by atoms with E-state index < -0.39 is 9.84 Å². The molecule has 1 aromatic heterocycles. The van der Waals surface area contributed by atoms with Crippen LogP contribution in [0.5, 0.6) is 0 Å². The van der Waals surface area contributed by atoms with E-state index in [4.69, 9.17) is 5.73 Å². The van der Waals surface area contributed by atoms with E-state index in [1.165, 1.54) is 17.4 Å². The minimum Gasteiger partial charge on any atom is -0.398 e. The number of hydrogen-bond acceptors (Lipinski definition) is 4. The highest BCUT2D eigenvalue weighted by Gasteiger charge is 2.19. The molecule has 18 heavy (non-hydrogen) atoms. The molecule has 3 nitrogen and oxygen atoms in total. The van der Waals surface area contributed by atoms with E-state index in [1.807, 2.05) is 6.07 Å². The zero-order valence-electron chi connectivity index (χ0n) is 9.06. The van der Waals surface area contributed by atoms with E-state index in [1.54, 1.807) is 18.2 Å². The van der Waals surface area contributed by atoms with Gasteiger partial charge in [0.15, 0.2) is 9.84 Å². The smallest absolute Gasteiger partial charge is 0.185 e. The third-order valence-electron chi connectivity index (χ3n) is 2.27. The number of nitrogen functional groups attached to an aromatic ring is 1. The molecular formula is C11H9Br2NO2S2. The first kappa shape index (κ1) is 14.0. The van der Waals surface area contributed by atoms with E-state index in [9.17, 15) is 8.42 Å². The van der Waals surface area contributed by atoms with Crippen molar-refractivity contribution in [1.29, 1.82) is 0 Å². The van der Waals surface area contributed by atoms with Crippen LogP contribution in [0, 0.1) is 0 Å². The third kappa shape index (κ3) is 3.14. The minimum absolute atomic E-state index is 0.0326. The first-order valence-corrected chi connectivity index (χ1v) is 8.96. The van der Waals surface area contributed by atoms with Crippen molar-refractivity contribution >= 4 is 58.7 Å². The van der Waals surface area contributed by atoms with Crippen molar-refractivity contribution in [3.63, 3.8) is 0 Å². The molecule has 0 saturated carbocycles. The molecular weight excluding hydrogens is 402 g/mol. The van der Waals surface area contributed by atoms with Gasteiger partial charge in [0.25, 0.3) is 0 Å². The second kappa shape index (κ2) is 5.32. The van der Waals surface area contributed by atoms with Crippen molar-refractivity contribution in [3.8, 4) is 0 Å². The van der Waals surface area contributed by atoms with Crippen molar-refractivity contribution in [3.05, 3.63) is 43.5 Å². The number of hydrogen-bond donors (Lipinski definition) is 1. The molecule has 1 aromatic carbocycles. The maximum absolute atomic E-state index is 12.2. The van der Waals surface area contributed by atoms with Crippen LogP contribution in [-0.4, -0.2) is 8.42 Å². The molecule has 0 fully saturated rings. The van der Waals surface area contributed by atoms with Crippen molar-refractivity contribution in [2.45, 2.75) is 10.6 Å². The highest BCUT2D eigenvalue weighted by molar-refractivity contribution is 9.11. The number of benzene rings is 1. The Morgan fingerprint density at radius 2 is 1.89 bits per heavy atom. The molecule has 2 rings (SSSR count). The zero-order valence-corrected chi connectivity index (χ0v) is 13.9. The average Bonchev–Trinajstić information content (AvgIpc) is 2.62. The van der Waals surface area contributed by atoms with E-state index in [0.29, 0.717) is 0 Å². The lowest BCUT2D eigenvalue weighted by Gasteiger charge is -2.06. The van der Waals surface area contributed by atoms with Gasteiger partial charge in [0.1, 0.15) is 0 Å². The fraction of sp³-hybridized carbons (Fsp3) is 0.0909. The molecule has 0 atom stereocenters. The highest BCUT2D eigenvalue weighted by Crippen LogP contribution is 2.29. The predicted molar refractivity (Wildman–Crippen MR) is 81.5 cm³/mol.